The van der Waals surface area contributed by atoms with E-state index in [9.17, 15) is 14.4 Å². The number of rotatable bonds is 8. The summed E-state index contributed by atoms with van der Waals surface area (Å²) in [5.74, 6) is -2.78. The van der Waals surface area contributed by atoms with Crippen molar-refractivity contribution in [3.63, 3.8) is 0 Å². The van der Waals surface area contributed by atoms with Gasteiger partial charge < -0.3 is 15.5 Å². The van der Waals surface area contributed by atoms with Crippen LogP contribution in [0.5, 0.6) is 0 Å². The fourth-order valence-corrected chi connectivity index (χ4v) is 1.90. The van der Waals surface area contributed by atoms with Crippen molar-refractivity contribution in [2.75, 3.05) is 0 Å². The van der Waals surface area contributed by atoms with Crippen molar-refractivity contribution < 1.29 is 24.6 Å². The smallest absolute Gasteiger partial charge is 0.326 e. The number of aliphatic carboxylic acids is 2. The van der Waals surface area contributed by atoms with Gasteiger partial charge in [0.25, 0.3) is 0 Å². The highest BCUT2D eigenvalue weighted by Gasteiger charge is 2.20. The molecule has 21 heavy (non-hydrogen) atoms. The molecule has 116 valence electrons. The van der Waals surface area contributed by atoms with Crippen molar-refractivity contribution in [3.05, 3.63) is 17.5 Å². The molecule has 1 atom stereocenters. The Kier molecular flexibility index (Phi) is 5.89. The summed E-state index contributed by atoms with van der Waals surface area (Å²) in [4.78, 5) is 33.1. The van der Waals surface area contributed by atoms with Crippen LogP contribution in [0.3, 0.4) is 0 Å². The standard InChI is InChI=1S/C13H19N3O5/c1-8-7-9(2)16(15-8)6-5-11(17)14-10(13(20)21)3-4-12(18)19/h7,10H,3-6H2,1-2H3,(H,14,17)(H,18,19)(H,20,21)/t10-/m0/s1. The molecule has 0 aliphatic carbocycles. The third-order valence-electron chi connectivity index (χ3n) is 2.93. The molecule has 3 N–H and O–H groups in total. The van der Waals surface area contributed by atoms with Crippen LogP contribution in [0.2, 0.25) is 0 Å². The molecule has 0 aromatic carbocycles. The third-order valence-corrected chi connectivity index (χ3v) is 2.93. The largest absolute Gasteiger partial charge is 0.481 e. The van der Waals surface area contributed by atoms with Crippen molar-refractivity contribution in [1.82, 2.24) is 15.1 Å². The first-order chi connectivity index (χ1) is 9.79. The minimum absolute atomic E-state index is 0.0822. The normalized spacial score (nSPS) is 11.9. The second-order valence-electron chi connectivity index (χ2n) is 4.79. The molecule has 0 aliphatic heterocycles. The van der Waals surface area contributed by atoms with Crippen LogP contribution >= 0.6 is 0 Å². The van der Waals surface area contributed by atoms with E-state index in [1.165, 1.54) is 0 Å². The van der Waals surface area contributed by atoms with Crippen molar-refractivity contribution in [2.24, 2.45) is 0 Å². The Labute approximate surface area is 121 Å². The van der Waals surface area contributed by atoms with Crippen LogP contribution in [0, 0.1) is 13.8 Å². The van der Waals surface area contributed by atoms with Gasteiger partial charge in [-0.15, -0.1) is 0 Å². The lowest BCUT2D eigenvalue weighted by molar-refractivity contribution is -0.143. The summed E-state index contributed by atoms with van der Waals surface area (Å²) in [6.45, 7) is 4.05. The van der Waals surface area contributed by atoms with Crippen LogP contribution in [0.15, 0.2) is 6.07 Å². The zero-order chi connectivity index (χ0) is 16.0. The van der Waals surface area contributed by atoms with E-state index in [2.05, 4.69) is 10.4 Å². The SMILES string of the molecule is Cc1cc(C)n(CCC(=O)N[C@@H](CCC(=O)O)C(=O)O)n1. The van der Waals surface area contributed by atoms with Gasteiger partial charge in [0.05, 0.1) is 5.69 Å². The Morgan fingerprint density at radius 3 is 2.43 bits per heavy atom. The molecule has 0 saturated carbocycles. The molecule has 0 saturated heterocycles. The molecule has 0 radical (unpaired) electrons. The molecule has 1 rings (SSSR count). The molecule has 1 heterocycles. The number of carbonyl (C=O) groups is 3. The Bertz CT molecular complexity index is 538. The molecule has 8 heteroatoms. The van der Waals surface area contributed by atoms with Gasteiger partial charge in [-0.25, -0.2) is 4.79 Å². The van der Waals surface area contributed by atoms with Gasteiger partial charge in [-0.05, 0) is 26.3 Å². The maximum atomic E-state index is 11.7. The van der Waals surface area contributed by atoms with Crippen molar-refractivity contribution in [2.45, 2.75) is 45.7 Å². The average Bonchev–Trinajstić information content (AvgIpc) is 2.69. The lowest BCUT2D eigenvalue weighted by Crippen LogP contribution is -2.41. The number of aromatic nitrogens is 2. The van der Waals surface area contributed by atoms with Gasteiger partial charge in [0.2, 0.25) is 5.91 Å². The van der Waals surface area contributed by atoms with Gasteiger partial charge >= 0.3 is 11.9 Å². The van der Waals surface area contributed by atoms with Crippen molar-refractivity contribution in [1.29, 1.82) is 0 Å². The lowest BCUT2D eigenvalue weighted by atomic mass is 10.1. The molecule has 1 aromatic heterocycles. The highest BCUT2D eigenvalue weighted by molar-refractivity contribution is 5.83. The number of hydrogen-bond acceptors (Lipinski definition) is 4. The summed E-state index contributed by atoms with van der Waals surface area (Å²) < 4.78 is 1.67. The Hall–Kier alpha value is -2.38. The molecule has 1 aromatic rings. The Morgan fingerprint density at radius 1 is 1.29 bits per heavy atom. The second kappa shape index (κ2) is 7.41. The molecule has 0 aliphatic rings. The van der Waals surface area contributed by atoms with Gasteiger partial charge in [-0.2, -0.15) is 5.10 Å². The van der Waals surface area contributed by atoms with Gasteiger partial charge in [0.1, 0.15) is 6.04 Å². The highest BCUT2D eigenvalue weighted by atomic mass is 16.4. The molecule has 0 fully saturated rings. The Morgan fingerprint density at radius 2 is 1.95 bits per heavy atom. The number of carboxylic acid groups (broad SMARTS) is 2. The van der Waals surface area contributed by atoms with Crippen LogP contribution < -0.4 is 5.32 Å². The van der Waals surface area contributed by atoms with E-state index in [1.807, 2.05) is 19.9 Å². The molecule has 0 unspecified atom stereocenters. The van der Waals surface area contributed by atoms with E-state index in [0.717, 1.165) is 11.4 Å². The quantitative estimate of drug-likeness (QED) is 0.635. The van der Waals surface area contributed by atoms with Crippen LogP contribution in [0.4, 0.5) is 0 Å². The fraction of sp³-hybridized carbons (Fsp3) is 0.538. The zero-order valence-corrected chi connectivity index (χ0v) is 12.0. The second-order valence-corrected chi connectivity index (χ2v) is 4.79. The summed E-state index contributed by atoms with van der Waals surface area (Å²) in [7, 11) is 0. The molecular weight excluding hydrogens is 278 g/mol. The van der Waals surface area contributed by atoms with Crippen molar-refractivity contribution in [3.8, 4) is 0 Å². The number of nitrogens with zero attached hydrogens (tertiary/aromatic N) is 2. The van der Waals surface area contributed by atoms with Crippen molar-refractivity contribution >= 4 is 17.8 Å². The first-order valence-electron chi connectivity index (χ1n) is 6.54. The van der Waals surface area contributed by atoms with E-state index >= 15 is 0 Å². The van der Waals surface area contributed by atoms with E-state index in [4.69, 9.17) is 10.2 Å². The van der Waals surface area contributed by atoms with E-state index in [0.29, 0.717) is 6.54 Å². The van der Waals surface area contributed by atoms with Crippen LogP contribution in [-0.4, -0.2) is 43.9 Å². The number of nitrogens with one attached hydrogen (secondary N) is 1. The van der Waals surface area contributed by atoms with E-state index in [-0.39, 0.29) is 19.3 Å². The monoisotopic (exact) mass is 297 g/mol. The minimum atomic E-state index is -1.24. The number of amides is 1. The predicted octanol–water partition coefficient (Wildman–Crippen LogP) is 0.324. The summed E-state index contributed by atoms with van der Waals surface area (Å²) in [5, 5.41) is 24.0. The summed E-state index contributed by atoms with van der Waals surface area (Å²) in [6, 6.07) is 0.694. The minimum Gasteiger partial charge on any atom is -0.481 e. The molecule has 0 bridgehead atoms. The zero-order valence-electron chi connectivity index (χ0n) is 12.0. The van der Waals surface area contributed by atoms with Gasteiger partial charge in [-0.1, -0.05) is 0 Å². The molecular formula is C13H19N3O5. The molecule has 1 amide bonds. The maximum absolute atomic E-state index is 11.7. The van der Waals surface area contributed by atoms with Gasteiger partial charge in [0, 0.05) is 25.1 Å². The van der Waals surface area contributed by atoms with Crippen LogP contribution in [0.1, 0.15) is 30.7 Å². The summed E-state index contributed by atoms with van der Waals surface area (Å²) >= 11 is 0. The summed E-state index contributed by atoms with van der Waals surface area (Å²) in [6.07, 6.45) is -0.371. The van der Waals surface area contributed by atoms with Crippen LogP contribution in [0.25, 0.3) is 0 Å². The predicted molar refractivity (Wildman–Crippen MR) is 72.8 cm³/mol. The number of aryl methyl sites for hydroxylation is 3. The van der Waals surface area contributed by atoms with Gasteiger partial charge in [-0.3, -0.25) is 14.3 Å². The highest BCUT2D eigenvalue weighted by Crippen LogP contribution is 2.03. The van der Waals surface area contributed by atoms with E-state index in [1.54, 1.807) is 4.68 Å². The average molecular weight is 297 g/mol. The number of carboxylic acids is 2. The Balaban J connectivity index is 2.48. The van der Waals surface area contributed by atoms with Crippen LogP contribution in [-0.2, 0) is 20.9 Å². The molecule has 0 spiro atoms. The lowest BCUT2D eigenvalue weighted by Gasteiger charge is -2.13. The first-order valence-corrected chi connectivity index (χ1v) is 6.54. The topological polar surface area (TPSA) is 122 Å². The maximum Gasteiger partial charge on any atom is 0.326 e. The number of carbonyl (C=O) groups excluding carboxylic acids is 1. The van der Waals surface area contributed by atoms with E-state index < -0.39 is 23.9 Å². The van der Waals surface area contributed by atoms with Gasteiger partial charge in [0.15, 0.2) is 0 Å². The molecule has 8 nitrogen and oxygen atoms in total. The first kappa shape index (κ1) is 16.7. The third kappa shape index (κ3) is 5.64. The fourth-order valence-electron chi connectivity index (χ4n) is 1.90. The summed E-state index contributed by atoms with van der Waals surface area (Å²) in [5.41, 5.74) is 1.76. The number of hydrogen-bond donors (Lipinski definition) is 3.